The Hall–Kier alpha value is -1.17. The van der Waals surface area contributed by atoms with Crippen LogP contribution in [0.15, 0.2) is 46.3 Å². The number of hydrogen-bond donors (Lipinski definition) is 1. The van der Waals surface area contributed by atoms with Crippen LogP contribution in [-0.4, -0.2) is 30.4 Å². The summed E-state index contributed by atoms with van der Waals surface area (Å²) < 4.78 is 0.999. The standard InChI is InChI=1S/C19H23BrN2OS/c20-18-7-6-17(24-18)19(23)21-11-8-15-9-12-22(13-10-15)14-16-4-2-1-3-5-16/h1-7,15H,8-14H2,(H,21,23). The third-order valence-corrected chi connectivity index (χ3v) is 6.21. The maximum atomic E-state index is 12.0. The van der Waals surface area contributed by atoms with Crippen LogP contribution < -0.4 is 5.32 Å². The van der Waals surface area contributed by atoms with Crippen LogP contribution in [0.25, 0.3) is 0 Å². The highest BCUT2D eigenvalue weighted by Gasteiger charge is 2.19. The summed E-state index contributed by atoms with van der Waals surface area (Å²) in [5.74, 6) is 0.777. The Bertz CT molecular complexity index is 650. The second kappa shape index (κ2) is 8.79. The normalized spacial score (nSPS) is 16.2. The summed E-state index contributed by atoms with van der Waals surface area (Å²) in [6.45, 7) is 4.14. The fourth-order valence-corrected chi connectivity index (χ4v) is 4.49. The maximum Gasteiger partial charge on any atom is 0.261 e. The van der Waals surface area contributed by atoms with E-state index in [1.165, 1.54) is 29.7 Å². The lowest BCUT2D eigenvalue weighted by atomic mass is 9.93. The topological polar surface area (TPSA) is 32.3 Å². The Kier molecular flexibility index (Phi) is 6.46. The van der Waals surface area contributed by atoms with Gasteiger partial charge in [-0.05, 0) is 71.9 Å². The number of nitrogens with one attached hydrogen (secondary N) is 1. The molecule has 2 heterocycles. The number of carbonyl (C=O) groups excluding carboxylic acids is 1. The summed E-state index contributed by atoms with van der Waals surface area (Å²) in [4.78, 5) is 15.3. The van der Waals surface area contributed by atoms with Crippen LogP contribution in [0.1, 0.15) is 34.5 Å². The Balaban J connectivity index is 1.34. The monoisotopic (exact) mass is 406 g/mol. The van der Waals surface area contributed by atoms with Crippen LogP contribution in [-0.2, 0) is 6.54 Å². The lowest BCUT2D eigenvalue weighted by molar-refractivity contribution is 0.0951. The molecule has 2 aromatic rings. The van der Waals surface area contributed by atoms with E-state index in [0.717, 1.165) is 47.2 Å². The summed E-state index contributed by atoms with van der Waals surface area (Å²) in [5.41, 5.74) is 1.39. The summed E-state index contributed by atoms with van der Waals surface area (Å²) in [6, 6.07) is 14.5. The van der Waals surface area contributed by atoms with Crippen molar-refractivity contribution in [2.24, 2.45) is 5.92 Å². The van der Waals surface area contributed by atoms with Crippen molar-refractivity contribution in [3.63, 3.8) is 0 Å². The predicted octanol–water partition coefficient (Wildman–Crippen LogP) is 4.54. The molecule has 1 fully saturated rings. The Labute approximate surface area is 156 Å². The van der Waals surface area contributed by atoms with E-state index in [4.69, 9.17) is 0 Å². The summed E-state index contributed by atoms with van der Waals surface area (Å²) in [7, 11) is 0. The van der Waals surface area contributed by atoms with E-state index < -0.39 is 0 Å². The van der Waals surface area contributed by atoms with Crippen molar-refractivity contribution in [2.75, 3.05) is 19.6 Å². The number of benzene rings is 1. The van der Waals surface area contributed by atoms with E-state index in [0.29, 0.717) is 0 Å². The van der Waals surface area contributed by atoms with Crippen LogP contribution in [0, 0.1) is 5.92 Å². The maximum absolute atomic E-state index is 12.0. The first-order chi connectivity index (χ1) is 11.7. The van der Waals surface area contributed by atoms with Crippen LogP contribution in [0.5, 0.6) is 0 Å². The van der Waals surface area contributed by atoms with Crippen LogP contribution in [0.4, 0.5) is 0 Å². The van der Waals surface area contributed by atoms with E-state index in [-0.39, 0.29) is 5.91 Å². The van der Waals surface area contributed by atoms with Gasteiger partial charge in [0, 0.05) is 13.1 Å². The Morgan fingerprint density at radius 1 is 1.17 bits per heavy atom. The highest BCUT2D eigenvalue weighted by molar-refractivity contribution is 9.11. The zero-order valence-corrected chi connectivity index (χ0v) is 16.1. The first-order valence-electron chi connectivity index (χ1n) is 8.50. The number of likely N-dealkylation sites (tertiary alicyclic amines) is 1. The zero-order valence-electron chi connectivity index (χ0n) is 13.7. The molecule has 0 unspecified atom stereocenters. The molecule has 0 saturated carbocycles. The van der Waals surface area contributed by atoms with E-state index >= 15 is 0 Å². The van der Waals surface area contributed by atoms with Gasteiger partial charge >= 0.3 is 0 Å². The van der Waals surface area contributed by atoms with Gasteiger partial charge in [0.25, 0.3) is 5.91 Å². The molecule has 1 aliphatic heterocycles. The summed E-state index contributed by atoms with van der Waals surface area (Å²) in [6.07, 6.45) is 3.54. The molecule has 0 bridgehead atoms. The molecule has 24 heavy (non-hydrogen) atoms. The number of nitrogens with zero attached hydrogens (tertiary/aromatic N) is 1. The average Bonchev–Trinajstić information content (AvgIpc) is 3.04. The van der Waals surface area contributed by atoms with Crippen molar-refractivity contribution >= 4 is 33.2 Å². The lowest BCUT2D eigenvalue weighted by Gasteiger charge is -2.32. The van der Waals surface area contributed by atoms with Gasteiger partial charge in [-0.2, -0.15) is 0 Å². The average molecular weight is 407 g/mol. The summed E-state index contributed by atoms with van der Waals surface area (Å²) in [5, 5.41) is 3.05. The van der Waals surface area contributed by atoms with E-state index in [2.05, 4.69) is 56.5 Å². The van der Waals surface area contributed by atoms with Gasteiger partial charge in [0.1, 0.15) is 0 Å². The first-order valence-corrected chi connectivity index (χ1v) is 10.1. The summed E-state index contributed by atoms with van der Waals surface area (Å²) >= 11 is 4.88. The number of hydrogen-bond acceptors (Lipinski definition) is 3. The first kappa shape index (κ1) is 17.6. The zero-order chi connectivity index (χ0) is 16.8. The number of thiophene rings is 1. The molecule has 1 aromatic heterocycles. The molecule has 0 atom stereocenters. The van der Waals surface area contributed by atoms with Crippen molar-refractivity contribution in [1.29, 1.82) is 0 Å². The van der Waals surface area contributed by atoms with Crippen molar-refractivity contribution in [3.05, 3.63) is 56.7 Å². The van der Waals surface area contributed by atoms with Gasteiger partial charge in [-0.25, -0.2) is 0 Å². The molecule has 1 amide bonds. The molecule has 1 aromatic carbocycles. The molecule has 3 nitrogen and oxygen atoms in total. The van der Waals surface area contributed by atoms with Gasteiger partial charge in [0.2, 0.25) is 0 Å². The second-order valence-electron chi connectivity index (χ2n) is 6.35. The van der Waals surface area contributed by atoms with E-state index in [1.54, 1.807) is 0 Å². The lowest BCUT2D eigenvalue weighted by Crippen LogP contribution is -2.34. The number of amides is 1. The molecule has 1 N–H and O–H groups in total. The van der Waals surface area contributed by atoms with Crippen LogP contribution in [0.2, 0.25) is 0 Å². The van der Waals surface area contributed by atoms with E-state index in [9.17, 15) is 4.79 Å². The fraction of sp³-hybridized carbons (Fsp3) is 0.421. The molecule has 1 aliphatic rings. The molecular formula is C19H23BrN2OS. The largest absolute Gasteiger partial charge is 0.351 e. The van der Waals surface area contributed by atoms with E-state index in [1.807, 2.05) is 12.1 Å². The highest BCUT2D eigenvalue weighted by Crippen LogP contribution is 2.23. The third-order valence-electron chi connectivity index (χ3n) is 4.59. The predicted molar refractivity (Wildman–Crippen MR) is 103 cm³/mol. The number of carbonyl (C=O) groups is 1. The number of halogens is 1. The van der Waals surface area contributed by atoms with Gasteiger partial charge in [-0.1, -0.05) is 30.3 Å². The molecular weight excluding hydrogens is 384 g/mol. The van der Waals surface area contributed by atoms with Crippen molar-refractivity contribution in [3.8, 4) is 0 Å². The van der Waals surface area contributed by atoms with Gasteiger partial charge in [-0.15, -0.1) is 11.3 Å². The fourth-order valence-electron chi connectivity index (χ4n) is 3.19. The molecule has 5 heteroatoms. The van der Waals surface area contributed by atoms with Crippen molar-refractivity contribution in [1.82, 2.24) is 10.2 Å². The van der Waals surface area contributed by atoms with Gasteiger partial charge in [-0.3, -0.25) is 9.69 Å². The number of piperidine rings is 1. The van der Waals surface area contributed by atoms with Gasteiger partial charge < -0.3 is 5.32 Å². The smallest absolute Gasteiger partial charge is 0.261 e. The molecule has 128 valence electrons. The molecule has 0 radical (unpaired) electrons. The molecule has 0 aliphatic carbocycles. The van der Waals surface area contributed by atoms with Gasteiger partial charge in [0.05, 0.1) is 8.66 Å². The Morgan fingerprint density at radius 3 is 2.58 bits per heavy atom. The molecule has 1 saturated heterocycles. The number of rotatable bonds is 6. The van der Waals surface area contributed by atoms with Crippen molar-refractivity contribution < 1.29 is 4.79 Å². The minimum atomic E-state index is 0.0483. The minimum absolute atomic E-state index is 0.0483. The van der Waals surface area contributed by atoms with Crippen molar-refractivity contribution in [2.45, 2.75) is 25.8 Å². The molecule has 3 rings (SSSR count). The SMILES string of the molecule is O=C(NCCC1CCN(Cc2ccccc2)CC1)c1ccc(Br)s1. The highest BCUT2D eigenvalue weighted by atomic mass is 79.9. The van der Waals surface area contributed by atoms with Crippen LogP contribution >= 0.6 is 27.3 Å². The third kappa shape index (κ3) is 5.16. The quantitative estimate of drug-likeness (QED) is 0.763. The molecule has 0 spiro atoms. The Morgan fingerprint density at radius 2 is 1.92 bits per heavy atom. The van der Waals surface area contributed by atoms with Gasteiger partial charge in [0.15, 0.2) is 0 Å². The second-order valence-corrected chi connectivity index (χ2v) is 8.82. The minimum Gasteiger partial charge on any atom is -0.351 e. The van der Waals surface area contributed by atoms with Crippen LogP contribution in [0.3, 0.4) is 0 Å².